The summed E-state index contributed by atoms with van der Waals surface area (Å²) in [6.45, 7) is 1.01. The standard InChI is InChI=1S/C17H25F3O2/c1-2-3-4-5-6-10-13-22-15(16(21)17(18,19)20)14-11-8-7-9-12-14/h7-9,11-12,15-16,21H,2-6,10,13H2,1H3/t15-,16-/m0/s1/i13D/t13-,15+,16+/m1. The summed E-state index contributed by atoms with van der Waals surface area (Å²) in [7, 11) is 0. The Kier molecular flexibility index (Phi) is 7.74. The third kappa shape index (κ3) is 6.79. The van der Waals surface area contributed by atoms with E-state index in [-0.39, 0.29) is 5.56 Å². The molecule has 0 aliphatic heterocycles. The Labute approximate surface area is 131 Å². The van der Waals surface area contributed by atoms with Crippen molar-refractivity contribution in [2.24, 2.45) is 0 Å². The Bertz CT molecular complexity index is 426. The molecule has 126 valence electrons. The van der Waals surface area contributed by atoms with E-state index < -0.39 is 25.0 Å². The highest BCUT2D eigenvalue weighted by molar-refractivity contribution is 5.19. The lowest BCUT2D eigenvalue weighted by Crippen LogP contribution is -2.36. The molecule has 5 heteroatoms. The molecule has 1 aromatic rings. The second kappa shape index (κ2) is 9.85. The van der Waals surface area contributed by atoms with E-state index in [9.17, 15) is 18.3 Å². The highest BCUT2D eigenvalue weighted by Gasteiger charge is 2.44. The molecule has 2 nitrogen and oxygen atoms in total. The first-order valence-corrected chi connectivity index (χ1v) is 7.73. The normalized spacial score (nSPS) is 16.9. The van der Waals surface area contributed by atoms with Crippen LogP contribution in [0.25, 0.3) is 0 Å². The van der Waals surface area contributed by atoms with Crippen LogP contribution in [0.15, 0.2) is 30.3 Å². The number of unbranched alkanes of at least 4 members (excludes halogenated alkanes) is 4. The van der Waals surface area contributed by atoms with Crippen molar-refractivity contribution >= 4 is 0 Å². The number of alkyl halides is 3. The van der Waals surface area contributed by atoms with Crippen molar-refractivity contribution in [1.29, 1.82) is 0 Å². The van der Waals surface area contributed by atoms with E-state index in [1.54, 1.807) is 18.2 Å². The minimum absolute atomic E-state index is 0.223. The summed E-state index contributed by atoms with van der Waals surface area (Å²) in [6.07, 6.45) is -3.71. The molecule has 0 bridgehead atoms. The average Bonchev–Trinajstić information content (AvgIpc) is 2.51. The monoisotopic (exact) mass is 319 g/mol. The van der Waals surface area contributed by atoms with E-state index in [4.69, 9.17) is 6.11 Å². The summed E-state index contributed by atoms with van der Waals surface area (Å²) >= 11 is 0. The number of halogens is 3. The van der Waals surface area contributed by atoms with Gasteiger partial charge >= 0.3 is 6.18 Å². The Morgan fingerprint density at radius 1 is 1.09 bits per heavy atom. The zero-order chi connectivity index (χ0) is 17.3. The van der Waals surface area contributed by atoms with Gasteiger partial charge < -0.3 is 9.84 Å². The quantitative estimate of drug-likeness (QED) is 0.613. The average molecular weight is 319 g/mol. The molecular weight excluding hydrogens is 293 g/mol. The van der Waals surface area contributed by atoms with Gasteiger partial charge in [0.25, 0.3) is 0 Å². The van der Waals surface area contributed by atoms with Crippen LogP contribution in [0, 0.1) is 0 Å². The first-order valence-electron chi connectivity index (χ1n) is 8.31. The minimum Gasteiger partial charge on any atom is -0.381 e. The van der Waals surface area contributed by atoms with Crippen LogP contribution in [0.4, 0.5) is 13.2 Å². The van der Waals surface area contributed by atoms with Crippen LogP contribution in [0.1, 0.15) is 58.5 Å². The number of hydrogen-bond donors (Lipinski definition) is 1. The van der Waals surface area contributed by atoms with E-state index in [2.05, 4.69) is 6.92 Å². The van der Waals surface area contributed by atoms with Gasteiger partial charge in [-0.1, -0.05) is 69.4 Å². The van der Waals surface area contributed by atoms with Crippen LogP contribution >= 0.6 is 0 Å². The van der Waals surface area contributed by atoms with Gasteiger partial charge in [-0.15, -0.1) is 0 Å². The van der Waals surface area contributed by atoms with Crippen molar-refractivity contribution in [2.45, 2.75) is 63.8 Å². The fourth-order valence-corrected chi connectivity index (χ4v) is 2.15. The van der Waals surface area contributed by atoms with E-state index in [0.717, 1.165) is 32.1 Å². The van der Waals surface area contributed by atoms with Crippen LogP contribution in [-0.2, 0) is 4.74 Å². The molecule has 1 N–H and O–H groups in total. The van der Waals surface area contributed by atoms with Crippen molar-refractivity contribution in [3.8, 4) is 0 Å². The zero-order valence-corrected chi connectivity index (χ0v) is 12.9. The molecule has 0 amide bonds. The van der Waals surface area contributed by atoms with Crippen molar-refractivity contribution in [1.82, 2.24) is 0 Å². The zero-order valence-electron chi connectivity index (χ0n) is 13.9. The summed E-state index contributed by atoms with van der Waals surface area (Å²) in [6, 6.07) is 7.77. The van der Waals surface area contributed by atoms with Gasteiger partial charge in [0.05, 0.1) is 1.37 Å². The molecule has 0 saturated heterocycles. The minimum atomic E-state index is -4.79. The topological polar surface area (TPSA) is 29.5 Å². The van der Waals surface area contributed by atoms with Gasteiger partial charge in [0.1, 0.15) is 6.10 Å². The molecule has 3 atom stereocenters. The second-order valence-corrected chi connectivity index (χ2v) is 5.32. The highest BCUT2D eigenvalue weighted by Crippen LogP contribution is 2.32. The maximum Gasteiger partial charge on any atom is 0.417 e. The van der Waals surface area contributed by atoms with E-state index in [1.807, 2.05) is 0 Å². The van der Waals surface area contributed by atoms with Gasteiger partial charge in [0, 0.05) is 6.58 Å². The van der Waals surface area contributed by atoms with Crippen LogP contribution < -0.4 is 0 Å². The third-order valence-corrected chi connectivity index (χ3v) is 3.42. The molecule has 0 aromatic heterocycles. The Morgan fingerprint density at radius 2 is 1.68 bits per heavy atom. The molecule has 22 heavy (non-hydrogen) atoms. The number of rotatable bonds is 10. The third-order valence-electron chi connectivity index (χ3n) is 3.42. The Morgan fingerprint density at radius 3 is 2.27 bits per heavy atom. The molecule has 1 rings (SSSR count). The van der Waals surface area contributed by atoms with Crippen molar-refractivity contribution in [3.05, 3.63) is 35.9 Å². The summed E-state index contributed by atoms with van der Waals surface area (Å²) in [5.74, 6) is 0. The lowest BCUT2D eigenvalue weighted by Gasteiger charge is -2.25. The number of aliphatic hydroxyl groups is 1. The van der Waals surface area contributed by atoms with Gasteiger partial charge in [-0.25, -0.2) is 0 Å². The molecule has 0 unspecified atom stereocenters. The predicted molar refractivity (Wildman–Crippen MR) is 80.6 cm³/mol. The van der Waals surface area contributed by atoms with E-state index in [1.165, 1.54) is 12.1 Å². The van der Waals surface area contributed by atoms with Gasteiger partial charge in [-0.2, -0.15) is 13.2 Å². The maximum absolute atomic E-state index is 12.8. The Hall–Kier alpha value is -1.07. The lowest BCUT2D eigenvalue weighted by atomic mass is 10.0. The fourth-order valence-electron chi connectivity index (χ4n) is 2.15. The molecule has 0 radical (unpaired) electrons. The first-order chi connectivity index (χ1) is 10.9. The fraction of sp³-hybridized carbons (Fsp3) is 0.647. The summed E-state index contributed by atoms with van der Waals surface area (Å²) < 4.78 is 51.6. The van der Waals surface area contributed by atoms with Crippen LogP contribution in [-0.4, -0.2) is 24.0 Å². The highest BCUT2D eigenvalue weighted by atomic mass is 19.4. The number of hydrogen-bond acceptors (Lipinski definition) is 2. The van der Waals surface area contributed by atoms with Gasteiger partial charge in [0.2, 0.25) is 0 Å². The van der Waals surface area contributed by atoms with Gasteiger partial charge in [0.15, 0.2) is 6.10 Å². The molecule has 1 aromatic carbocycles. The smallest absolute Gasteiger partial charge is 0.381 e. The second-order valence-electron chi connectivity index (χ2n) is 5.32. The molecule has 0 fully saturated rings. The number of benzene rings is 1. The largest absolute Gasteiger partial charge is 0.417 e. The maximum atomic E-state index is 12.8. The number of aliphatic hydroxyl groups excluding tert-OH is 1. The number of ether oxygens (including phenoxy) is 1. The predicted octanol–water partition coefficient (Wildman–Crippen LogP) is 5.03. The molecule has 0 aliphatic carbocycles. The molecule has 0 saturated carbocycles. The van der Waals surface area contributed by atoms with Crippen molar-refractivity contribution < 1.29 is 24.4 Å². The molecular formula is C17H25F3O2. The summed E-state index contributed by atoms with van der Waals surface area (Å²) in [5.41, 5.74) is 0.223. The van der Waals surface area contributed by atoms with Gasteiger partial charge in [-0.3, -0.25) is 0 Å². The summed E-state index contributed by atoms with van der Waals surface area (Å²) in [5, 5.41) is 9.56. The van der Waals surface area contributed by atoms with Crippen molar-refractivity contribution in [3.63, 3.8) is 0 Å². The first kappa shape index (κ1) is 17.3. The molecule has 0 heterocycles. The van der Waals surface area contributed by atoms with Gasteiger partial charge in [-0.05, 0) is 12.0 Å². The summed E-state index contributed by atoms with van der Waals surface area (Å²) in [4.78, 5) is 0. The van der Waals surface area contributed by atoms with Crippen LogP contribution in [0.3, 0.4) is 0 Å². The molecule has 0 aliphatic rings. The molecule has 0 spiro atoms. The van der Waals surface area contributed by atoms with E-state index >= 15 is 0 Å². The lowest BCUT2D eigenvalue weighted by molar-refractivity contribution is -0.238. The van der Waals surface area contributed by atoms with E-state index in [0.29, 0.717) is 6.42 Å². The van der Waals surface area contributed by atoms with Crippen LogP contribution in [0.2, 0.25) is 0 Å². The SMILES string of the molecule is [2H][C@H](CCCCCCC)O[C@@H](c1ccccc1)[C@H](O)C(F)(F)F. The van der Waals surface area contributed by atoms with Crippen LogP contribution in [0.5, 0.6) is 0 Å². The Balaban J connectivity index is 2.63. The van der Waals surface area contributed by atoms with Crippen molar-refractivity contribution in [2.75, 3.05) is 6.58 Å².